The maximum atomic E-state index is 12.4. The van der Waals surface area contributed by atoms with Crippen molar-refractivity contribution in [3.05, 3.63) is 65.3 Å². The third-order valence-electron chi connectivity index (χ3n) is 4.40. The number of nitrogens with zero attached hydrogens (tertiary/aromatic N) is 1. The Morgan fingerprint density at radius 2 is 1.93 bits per heavy atom. The summed E-state index contributed by atoms with van der Waals surface area (Å²) in [5, 5.41) is 4.50. The van der Waals surface area contributed by atoms with Gasteiger partial charge in [0.25, 0.3) is 0 Å². The minimum absolute atomic E-state index is 0.106. The largest absolute Gasteiger partial charge is 0.496 e. The van der Waals surface area contributed by atoms with Gasteiger partial charge < -0.3 is 14.6 Å². The molecule has 1 aromatic heterocycles. The molecule has 0 unspecified atom stereocenters. The minimum Gasteiger partial charge on any atom is -0.496 e. The van der Waals surface area contributed by atoms with E-state index in [0.29, 0.717) is 29.4 Å². The molecule has 1 amide bonds. The molecule has 3 rings (SSSR count). The van der Waals surface area contributed by atoms with E-state index in [9.17, 15) is 9.59 Å². The van der Waals surface area contributed by atoms with E-state index in [1.807, 2.05) is 30.5 Å². The second-order valence-corrected chi connectivity index (χ2v) is 6.62. The molecule has 0 bridgehead atoms. The predicted molar refractivity (Wildman–Crippen MR) is 107 cm³/mol. The number of halogens is 1. The van der Waals surface area contributed by atoms with Crippen LogP contribution in [0.1, 0.15) is 23.2 Å². The third-order valence-corrected chi connectivity index (χ3v) is 4.63. The van der Waals surface area contributed by atoms with Crippen molar-refractivity contribution in [3.63, 3.8) is 0 Å². The first kappa shape index (κ1) is 19.0. The van der Waals surface area contributed by atoms with Crippen molar-refractivity contribution >= 4 is 34.2 Å². The number of carbonyl (C=O) groups excluding carboxylic acids is 2. The fourth-order valence-electron chi connectivity index (χ4n) is 3.00. The number of Topliss-reactive ketones (excluding diaryl/α,β-unsaturated/α-hetero) is 1. The van der Waals surface area contributed by atoms with Gasteiger partial charge in [-0.3, -0.25) is 9.59 Å². The number of ether oxygens (including phenoxy) is 1. The molecule has 0 aliphatic heterocycles. The zero-order valence-corrected chi connectivity index (χ0v) is 15.8. The van der Waals surface area contributed by atoms with Crippen LogP contribution in [0.25, 0.3) is 10.9 Å². The van der Waals surface area contributed by atoms with Crippen molar-refractivity contribution < 1.29 is 14.3 Å². The van der Waals surface area contributed by atoms with E-state index >= 15 is 0 Å². The number of ketones is 1. The lowest BCUT2D eigenvalue weighted by Gasteiger charge is -2.09. The maximum absolute atomic E-state index is 12.4. The highest BCUT2D eigenvalue weighted by atomic mass is 35.5. The molecule has 0 saturated heterocycles. The van der Waals surface area contributed by atoms with Gasteiger partial charge in [0, 0.05) is 42.7 Å². The summed E-state index contributed by atoms with van der Waals surface area (Å²) in [4.78, 5) is 24.4. The van der Waals surface area contributed by atoms with Gasteiger partial charge in [-0.05, 0) is 35.7 Å². The number of benzene rings is 2. The zero-order valence-electron chi connectivity index (χ0n) is 15.1. The number of carbonyl (C=O) groups is 2. The number of amides is 1. The van der Waals surface area contributed by atoms with E-state index in [-0.39, 0.29) is 24.5 Å². The van der Waals surface area contributed by atoms with Crippen molar-refractivity contribution in [2.24, 2.45) is 0 Å². The summed E-state index contributed by atoms with van der Waals surface area (Å²) in [5.41, 5.74) is 1.53. The molecule has 0 aliphatic carbocycles. The molecule has 6 heteroatoms. The molecule has 3 aromatic rings. The molecule has 0 saturated carbocycles. The molecular formula is C21H21ClN2O3. The Morgan fingerprint density at radius 1 is 1.11 bits per heavy atom. The van der Waals surface area contributed by atoms with E-state index in [4.69, 9.17) is 16.3 Å². The van der Waals surface area contributed by atoms with E-state index in [2.05, 4.69) is 16.0 Å². The van der Waals surface area contributed by atoms with Crippen LogP contribution in [0.5, 0.6) is 5.75 Å². The van der Waals surface area contributed by atoms with Gasteiger partial charge in [-0.25, -0.2) is 0 Å². The summed E-state index contributed by atoms with van der Waals surface area (Å²) in [5.74, 6) is 0.144. The summed E-state index contributed by atoms with van der Waals surface area (Å²) >= 11 is 5.95. The first-order valence-corrected chi connectivity index (χ1v) is 9.13. The molecule has 27 heavy (non-hydrogen) atoms. The molecule has 0 spiro atoms. The molecule has 0 radical (unpaired) electrons. The Morgan fingerprint density at radius 3 is 2.74 bits per heavy atom. The van der Waals surface area contributed by atoms with Crippen LogP contribution in [0, 0.1) is 0 Å². The molecule has 140 valence electrons. The van der Waals surface area contributed by atoms with Crippen molar-refractivity contribution in [1.82, 2.24) is 9.88 Å². The second kappa shape index (κ2) is 8.73. The Hall–Kier alpha value is -2.79. The van der Waals surface area contributed by atoms with E-state index < -0.39 is 0 Å². The van der Waals surface area contributed by atoms with Gasteiger partial charge in [-0.1, -0.05) is 29.8 Å². The van der Waals surface area contributed by atoms with E-state index in [1.165, 1.54) is 12.5 Å². The fraction of sp³-hybridized carbons (Fsp3) is 0.238. The molecule has 1 heterocycles. The van der Waals surface area contributed by atoms with Crippen LogP contribution in [0.3, 0.4) is 0 Å². The molecule has 5 nitrogen and oxygen atoms in total. The monoisotopic (exact) mass is 384 g/mol. The van der Waals surface area contributed by atoms with Crippen molar-refractivity contribution in [2.75, 3.05) is 13.7 Å². The van der Waals surface area contributed by atoms with Crippen LogP contribution in [0.4, 0.5) is 0 Å². The number of hydrogen-bond donors (Lipinski definition) is 1. The molecule has 0 aliphatic rings. The third kappa shape index (κ3) is 4.68. The Bertz CT molecular complexity index is 965. The maximum Gasteiger partial charge on any atom is 0.220 e. The summed E-state index contributed by atoms with van der Waals surface area (Å²) in [6.07, 6.45) is 2.24. The SMILES string of the molecule is COc1ccc(Cl)cc1C(=O)CCC(=O)NCCn1ccc2ccccc21. The quantitative estimate of drug-likeness (QED) is 0.595. The van der Waals surface area contributed by atoms with E-state index in [0.717, 1.165) is 5.52 Å². The summed E-state index contributed by atoms with van der Waals surface area (Å²) in [6.45, 7) is 1.18. The van der Waals surface area contributed by atoms with Gasteiger partial charge in [0.15, 0.2) is 5.78 Å². The minimum atomic E-state index is -0.166. The Balaban J connectivity index is 1.48. The van der Waals surface area contributed by atoms with Crippen LogP contribution in [-0.4, -0.2) is 29.9 Å². The fourth-order valence-corrected chi connectivity index (χ4v) is 3.17. The van der Waals surface area contributed by atoms with Crippen molar-refractivity contribution in [2.45, 2.75) is 19.4 Å². The lowest BCUT2D eigenvalue weighted by Crippen LogP contribution is -2.27. The average molecular weight is 385 g/mol. The molecule has 0 fully saturated rings. The first-order chi connectivity index (χ1) is 13.1. The number of rotatable bonds is 8. The number of fused-ring (bicyclic) bond motifs is 1. The first-order valence-electron chi connectivity index (χ1n) is 8.76. The van der Waals surface area contributed by atoms with Gasteiger partial charge >= 0.3 is 0 Å². The van der Waals surface area contributed by atoms with Crippen LogP contribution < -0.4 is 10.1 Å². The van der Waals surface area contributed by atoms with Crippen molar-refractivity contribution in [1.29, 1.82) is 0 Å². The van der Waals surface area contributed by atoms with Gasteiger partial charge in [0.2, 0.25) is 5.91 Å². The smallest absolute Gasteiger partial charge is 0.220 e. The molecule has 0 atom stereocenters. The van der Waals surface area contributed by atoms with E-state index in [1.54, 1.807) is 18.2 Å². The number of aromatic nitrogens is 1. The number of para-hydroxylation sites is 1. The number of nitrogens with one attached hydrogen (secondary N) is 1. The summed E-state index contributed by atoms with van der Waals surface area (Å²) in [6, 6.07) is 15.0. The van der Waals surface area contributed by atoms with Gasteiger partial charge in [0.1, 0.15) is 5.75 Å². The van der Waals surface area contributed by atoms with Gasteiger partial charge in [0.05, 0.1) is 12.7 Å². The standard InChI is InChI=1S/C21H21ClN2O3/c1-27-20-8-6-16(22)14-17(20)19(25)7-9-21(26)23-11-13-24-12-10-15-4-2-3-5-18(15)24/h2-6,8,10,12,14H,7,9,11,13H2,1H3,(H,23,26). The average Bonchev–Trinajstić information content (AvgIpc) is 3.09. The highest BCUT2D eigenvalue weighted by molar-refractivity contribution is 6.31. The highest BCUT2D eigenvalue weighted by Crippen LogP contribution is 2.24. The van der Waals surface area contributed by atoms with Gasteiger partial charge in [-0.15, -0.1) is 0 Å². The van der Waals surface area contributed by atoms with Crippen LogP contribution in [0.2, 0.25) is 5.02 Å². The molecular weight excluding hydrogens is 364 g/mol. The Kier molecular flexibility index (Phi) is 6.14. The lowest BCUT2D eigenvalue weighted by molar-refractivity contribution is -0.121. The predicted octanol–water partition coefficient (Wildman–Crippen LogP) is 4.08. The number of methoxy groups -OCH3 is 1. The second-order valence-electron chi connectivity index (χ2n) is 6.19. The van der Waals surface area contributed by atoms with Crippen LogP contribution in [0.15, 0.2) is 54.7 Å². The lowest BCUT2D eigenvalue weighted by atomic mass is 10.1. The molecule has 2 aromatic carbocycles. The van der Waals surface area contributed by atoms with Crippen molar-refractivity contribution in [3.8, 4) is 5.75 Å². The summed E-state index contributed by atoms with van der Waals surface area (Å²) in [7, 11) is 1.50. The van der Waals surface area contributed by atoms with Gasteiger partial charge in [-0.2, -0.15) is 0 Å². The van der Waals surface area contributed by atoms with Crippen LogP contribution >= 0.6 is 11.6 Å². The topological polar surface area (TPSA) is 60.3 Å². The highest BCUT2D eigenvalue weighted by Gasteiger charge is 2.14. The number of hydrogen-bond acceptors (Lipinski definition) is 3. The normalized spacial score (nSPS) is 10.7. The molecule has 1 N–H and O–H groups in total. The zero-order chi connectivity index (χ0) is 19.2. The summed E-state index contributed by atoms with van der Waals surface area (Å²) < 4.78 is 7.28. The van der Waals surface area contributed by atoms with Crippen LogP contribution in [-0.2, 0) is 11.3 Å². The Labute approximate surface area is 162 Å².